The summed E-state index contributed by atoms with van der Waals surface area (Å²) < 4.78 is 13.8. The van der Waals surface area contributed by atoms with E-state index in [0.29, 0.717) is 0 Å². The molecule has 0 bridgehead atoms. The summed E-state index contributed by atoms with van der Waals surface area (Å²) in [4.78, 5) is 13.4. The first-order chi connectivity index (χ1) is 12.3. The van der Waals surface area contributed by atoms with Gasteiger partial charge in [0.1, 0.15) is 12.0 Å². The van der Waals surface area contributed by atoms with E-state index in [1.165, 1.54) is 11.8 Å². The number of fused-ring (bicyclic) bond motifs is 2. The van der Waals surface area contributed by atoms with Crippen molar-refractivity contribution < 1.29 is 4.39 Å². The van der Waals surface area contributed by atoms with Gasteiger partial charge in [0.2, 0.25) is 0 Å². The predicted octanol–water partition coefficient (Wildman–Crippen LogP) is 4.22. The molecule has 0 N–H and O–H groups in total. The van der Waals surface area contributed by atoms with Crippen LogP contribution in [0.1, 0.15) is 24.6 Å². The number of halogens is 1. The molecule has 0 saturated carbocycles. The van der Waals surface area contributed by atoms with Crippen molar-refractivity contribution in [2.75, 3.05) is 11.4 Å². The molecule has 0 amide bonds. The molecule has 4 nitrogen and oxygen atoms in total. The van der Waals surface area contributed by atoms with Crippen molar-refractivity contribution in [2.24, 2.45) is 0 Å². The molecule has 3 heterocycles. The Kier molecular flexibility index (Phi) is 3.20. The van der Waals surface area contributed by atoms with Crippen molar-refractivity contribution in [3.63, 3.8) is 0 Å². The lowest BCUT2D eigenvalue weighted by Crippen LogP contribution is -2.30. The highest BCUT2D eigenvalue weighted by atomic mass is 19.1. The van der Waals surface area contributed by atoms with Gasteiger partial charge in [0.25, 0.3) is 0 Å². The summed E-state index contributed by atoms with van der Waals surface area (Å²) in [6.07, 6.45) is 7.84. The predicted molar refractivity (Wildman–Crippen MR) is 95.2 cm³/mol. The molecule has 5 rings (SSSR count). The zero-order valence-corrected chi connectivity index (χ0v) is 13.6. The highest BCUT2D eigenvalue weighted by Gasteiger charge is 2.36. The Labute approximate surface area is 145 Å². The Hall–Kier alpha value is -2.95. The van der Waals surface area contributed by atoms with Crippen molar-refractivity contribution in [3.05, 3.63) is 78.1 Å². The Balaban J connectivity index is 1.63. The number of anilines is 1. The molecule has 0 spiro atoms. The van der Waals surface area contributed by atoms with Gasteiger partial charge < -0.3 is 9.80 Å². The zero-order valence-electron chi connectivity index (χ0n) is 13.6. The number of hydrogen-bond donors (Lipinski definition) is 0. The van der Waals surface area contributed by atoms with Crippen molar-refractivity contribution in [2.45, 2.75) is 19.0 Å². The molecule has 3 aromatic rings. The molecule has 0 aliphatic carbocycles. The lowest BCUT2D eigenvalue weighted by atomic mass is 10.1. The molecule has 124 valence electrons. The highest BCUT2D eigenvalue weighted by molar-refractivity contribution is 5.75. The van der Waals surface area contributed by atoms with Crippen LogP contribution in [0.2, 0.25) is 0 Å². The van der Waals surface area contributed by atoms with Crippen LogP contribution in [-0.4, -0.2) is 21.4 Å². The van der Waals surface area contributed by atoms with Crippen LogP contribution in [0.4, 0.5) is 10.1 Å². The van der Waals surface area contributed by atoms with E-state index in [2.05, 4.69) is 38.1 Å². The average molecular weight is 332 g/mol. The lowest BCUT2D eigenvalue weighted by molar-refractivity contribution is 0.319. The van der Waals surface area contributed by atoms with Gasteiger partial charge in [-0.25, -0.2) is 4.39 Å². The van der Waals surface area contributed by atoms with Crippen LogP contribution < -0.4 is 4.90 Å². The van der Waals surface area contributed by atoms with Gasteiger partial charge in [-0.1, -0.05) is 12.1 Å². The third-order valence-electron chi connectivity index (χ3n) is 4.95. The fourth-order valence-corrected chi connectivity index (χ4v) is 3.85. The molecular weight excluding hydrogens is 315 g/mol. The number of rotatable bonds is 2. The van der Waals surface area contributed by atoms with Crippen LogP contribution in [0.25, 0.3) is 11.0 Å². The van der Waals surface area contributed by atoms with E-state index in [1.54, 1.807) is 24.5 Å². The monoisotopic (exact) mass is 332 g/mol. The minimum Gasteiger partial charge on any atom is -0.349 e. The summed E-state index contributed by atoms with van der Waals surface area (Å²) >= 11 is 0. The molecular formula is C20H17FN4. The second kappa shape index (κ2) is 5.55. The summed E-state index contributed by atoms with van der Waals surface area (Å²) in [5, 5.41) is 0. The number of allylic oxidation sites excluding steroid dienone is 1. The third-order valence-corrected chi connectivity index (χ3v) is 4.95. The van der Waals surface area contributed by atoms with E-state index in [9.17, 15) is 4.39 Å². The zero-order chi connectivity index (χ0) is 16.8. The highest BCUT2D eigenvalue weighted by Crippen LogP contribution is 2.43. The molecule has 5 heteroatoms. The molecule has 2 aliphatic rings. The first-order valence-electron chi connectivity index (χ1n) is 8.51. The quantitative estimate of drug-likeness (QED) is 0.703. The normalized spacial score (nSPS) is 19.4. The van der Waals surface area contributed by atoms with Gasteiger partial charge in [-0.2, -0.15) is 0 Å². The van der Waals surface area contributed by atoms with Crippen molar-refractivity contribution >= 4 is 16.7 Å². The van der Waals surface area contributed by atoms with Crippen LogP contribution in [-0.2, 0) is 0 Å². The Bertz CT molecular complexity index is 984. The molecule has 1 atom stereocenters. The third kappa shape index (κ3) is 2.35. The molecule has 2 aliphatic heterocycles. The van der Waals surface area contributed by atoms with E-state index in [0.717, 1.165) is 41.7 Å². The van der Waals surface area contributed by atoms with E-state index in [-0.39, 0.29) is 12.0 Å². The standard InChI is InChI=1S/C20H17FN4/c21-15-3-1-4-16(12-15)25-13-17-5-2-10-24(17)20(25)14-6-7-18-19(11-14)23-9-8-22-18/h1,3-4,6-9,11-13,20H,2,5,10H2. The van der Waals surface area contributed by atoms with Gasteiger partial charge in [0, 0.05) is 36.5 Å². The molecule has 1 aromatic heterocycles. The Morgan fingerprint density at radius 3 is 2.76 bits per heavy atom. The van der Waals surface area contributed by atoms with E-state index < -0.39 is 0 Å². The van der Waals surface area contributed by atoms with Crippen LogP contribution >= 0.6 is 0 Å². The second-order valence-corrected chi connectivity index (χ2v) is 6.48. The summed E-state index contributed by atoms with van der Waals surface area (Å²) in [6, 6.07) is 13.0. The van der Waals surface area contributed by atoms with Crippen molar-refractivity contribution in [1.82, 2.24) is 14.9 Å². The van der Waals surface area contributed by atoms with Crippen molar-refractivity contribution in [1.29, 1.82) is 0 Å². The number of nitrogens with zero attached hydrogens (tertiary/aromatic N) is 4. The van der Waals surface area contributed by atoms with Crippen LogP contribution in [0, 0.1) is 5.82 Å². The van der Waals surface area contributed by atoms with Crippen LogP contribution in [0.3, 0.4) is 0 Å². The summed E-state index contributed by atoms with van der Waals surface area (Å²) in [5.41, 5.74) is 5.09. The largest absolute Gasteiger partial charge is 0.349 e. The maximum atomic E-state index is 13.8. The number of aromatic nitrogens is 2. The molecule has 1 fully saturated rings. The smallest absolute Gasteiger partial charge is 0.132 e. The lowest BCUT2D eigenvalue weighted by Gasteiger charge is -2.32. The van der Waals surface area contributed by atoms with E-state index in [4.69, 9.17) is 0 Å². The average Bonchev–Trinajstić information content (AvgIpc) is 3.22. The topological polar surface area (TPSA) is 32.3 Å². The SMILES string of the molecule is Fc1cccc(N2C=C3CCCN3C2c2ccc3nccnc3c2)c1. The molecule has 2 aromatic carbocycles. The number of hydrogen-bond acceptors (Lipinski definition) is 4. The van der Waals surface area contributed by atoms with Gasteiger partial charge in [-0.3, -0.25) is 9.97 Å². The van der Waals surface area contributed by atoms with Gasteiger partial charge in [0.05, 0.1) is 11.0 Å². The summed E-state index contributed by atoms with van der Waals surface area (Å²) in [5.74, 6) is -0.217. The van der Waals surface area contributed by atoms with Crippen molar-refractivity contribution in [3.8, 4) is 0 Å². The second-order valence-electron chi connectivity index (χ2n) is 6.48. The van der Waals surface area contributed by atoms with Gasteiger partial charge in [-0.15, -0.1) is 0 Å². The first-order valence-corrected chi connectivity index (χ1v) is 8.51. The van der Waals surface area contributed by atoms with Crippen LogP contribution in [0.15, 0.2) is 66.8 Å². The molecule has 1 saturated heterocycles. The maximum Gasteiger partial charge on any atom is 0.132 e. The summed E-state index contributed by atoms with van der Waals surface area (Å²) in [6.45, 7) is 1.01. The minimum absolute atomic E-state index is 0.0331. The van der Waals surface area contributed by atoms with Gasteiger partial charge >= 0.3 is 0 Å². The molecule has 25 heavy (non-hydrogen) atoms. The number of benzene rings is 2. The van der Waals surface area contributed by atoms with Gasteiger partial charge in [-0.05, 0) is 48.7 Å². The van der Waals surface area contributed by atoms with E-state index >= 15 is 0 Å². The fraction of sp³-hybridized carbons (Fsp3) is 0.200. The molecule has 0 radical (unpaired) electrons. The molecule has 1 unspecified atom stereocenters. The minimum atomic E-state index is -0.217. The van der Waals surface area contributed by atoms with E-state index in [1.807, 2.05) is 12.1 Å². The summed E-state index contributed by atoms with van der Waals surface area (Å²) in [7, 11) is 0. The van der Waals surface area contributed by atoms with Crippen LogP contribution in [0.5, 0.6) is 0 Å². The Morgan fingerprint density at radius 2 is 1.88 bits per heavy atom. The Morgan fingerprint density at radius 1 is 1.00 bits per heavy atom. The first kappa shape index (κ1) is 14.4. The van der Waals surface area contributed by atoms with Gasteiger partial charge in [0.15, 0.2) is 0 Å². The fourth-order valence-electron chi connectivity index (χ4n) is 3.85. The maximum absolute atomic E-state index is 13.8.